The minimum atomic E-state index is 0.605. The Labute approximate surface area is 91.1 Å². The van der Waals surface area contributed by atoms with Crippen molar-refractivity contribution in [1.29, 1.82) is 0 Å². The number of nitrogen functional groups attached to an aromatic ring is 1. The van der Waals surface area contributed by atoms with Gasteiger partial charge in [0.1, 0.15) is 0 Å². The lowest BCUT2D eigenvalue weighted by Crippen LogP contribution is -2.23. The van der Waals surface area contributed by atoms with Gasteiger partial charge in [0.15, 0.2) is 0 Å². The van der Waals surface area contributed by atoms with Gasteiger partial charge in [-0.05, 0) is 36.8 Å². The number of rotatable bonds is 5. The van der Waals surface area contributed by atoms with Crippen molar-refractivity contribution in [3.63, 3.8) is 0 Å². The van der Waals surface area contributed by atoms with Crippen molar-refractivity contribution in [2.75, 3.05) is 12.3 Å². The predicted octanol–water partition coefficient (Wildman–Crippen LogP) is 1.94. The molecule has 0 bridgehead atoms. The second-order valence-electron chi connectivity index (χ2n) is 4.54. The summed E-state index contributed by atoms with van der Waals surface area (Å²) in [6, 6.07) is 3.88. The molecule has 0 aliphatic heterocycles. The molecule has 1 aliphatic rings. The van der Waals surface area contributed by atoms with E-state index < -0.39 is 0 Å². The number of hydrogen-bond acceptors (Lipinski definition) is 3. The van der Waals surface area contributed by atoms with Gasteiger partial charge < -0.3 is 11.1 Å². The van der Waals surface area contributed by atoms with Crippen LogP contribution < -0.4 is 11.1 Å². The first-order valence-electron chi connectivity index (χ1n) is 5.65. The molecule has 2 rings (SSSR count). The topological polar surface area (TPSA) is 50.9 Å². The van der Waals surface area contributed by atoms with Crippen LogP contribution >= 0.6 is 0 Å². The summed E-state index contributed by atoms with van der Waals surface area (Å²) in [4.78, 5) is 4.26. The van der Waals surface area contributed by atoms with Crippen LogP contribution in [0.3, 0.4) is 0 Å². The van der Waals surface area contributed by atoms with Crippen LogP contribution in [0.1, 0.15) is 31.9 Å². The standard InChI is InChI=1S/C12H19N3/c1-2-12(5-6-12)9-14-8-11-4-3-10(13)7-15-11/h3-4,7,14H,2,5-6,8-9,13H2,1H3. The summed E-state index contributed by atoms with van der Waals surface area (Å²) in [6.45, 7) is 4.24. The summed E-state index contributed by atoms with van der Waals surface area (Å²) in [7, 11) is 0. The van der Waals surface area contributed by atoms with Crippen molar-refractivity contribution >= 4 is 5.69 Å². The van der Waals surface area contributed by atoms with Gasteiger partial charge >= 0.3 is 0 Å². The van der Waals surface area contributed by atoms with Crippen LogP contribution in [0, 0.1) is 5.41 Å². The summed E-state index contributed by atoms with van der Waals surface area (Å²) in [5.41, 5.74) is 7.97. The number of aromatic nitrogens is 1. The van der Waals surface area contributed by atoms with Gasteiger partial charge in [-0.15, -0.1) is 0 Å². The van der Waals surface area contributed by atoms with Crippen LogP contribution in [0.15, 0.2) is 18.3 Å². The van der Waals surface area contributed by atoms with E-state index in [4.69, 9.17) is 5.73 Å². The Kier molecular flexibility index (Phi) is 2.91. The summed E-state index contributed by atoms with van der Waals surface area (Å²) < 4.78 is 0. The van der Waals surface area contributed by atoms with E-state index in [0.717, 1.165) is 24.5 Å². The van der Waals surface area contributed by atoms with E-state index in [-0.39, 0.29) is 0 Å². The highest BCUT2D eigenvalue weighted by Gasteiger charge is 2.39. The normalized spacial score (nSPS) is 17.7. The Morgan fingerprint density at radius 1 is 1.47 bits per heavy atom. The number of nitrogens with two attached hydrogens (primary N) is 1. The monoisotopic (exact) mass is 205 g/mol. The summed E-state index contributed by atoms with van der Waals surface area (Å²) in [5.74, 6) is 0. The molecule has 0 unspecified atom stereocenters. The number of anilines is 1. The molecule has 0 amide bonds. The number of pyridine rings is 1. The maximum atomic E-state index is 5.57. The Balaban J connectivity index is 1.76. The molecule has 0 atom stereocenters. The molecule has 0 spiro atoms. The van der Waals surface area contributed by atoms with Gasteiger partial charge in [-0.3, -0.25) is 4.98 Å². The lowest BCUT2D eigenvalue weighted by Gasteiger charge is -2.12. The zero-order valence-electron chi connectivity index (χ0n) is 9.29. The van der Waals surface area contributed by atoms with Crippen LogP contribution in [0.4, 0.5) is 5.69 Å². The first-order valence-corrected chi connectivity index (χ1v) is 5.65. The molecule has 0 aromatic carbocycles. The SMILES string of the molecule is CCC1(CNCc2ccc(N)cn2)CC1. The van der Waals surface area contributed by atoms with Gasteiger partial charge in [0, 0.05) is 13.1 Å². The number of nitrogens with one attached hydrogen (secondary N) is 1. The molecule has 3 N–H and O–H groups in total. The Bertz CT molecular complexity index is 314. The van der Waals surface area contributed by atoms with Gasteiger partial charge in [0.25, 0.3) is 0 Å². The second kappa shape index (κ2) is 4.19. The van der Waals surface area contributed by atoms with E-state index in [2.05, 4.69) is 17.2 Å². The molecular formula is C12H19N3. The first kappa shape index (κ1) is 10.4. The quantitative estimate of drug-likeness (QED) is 0.772. The first-order chi connectivity index (χ1) is 7.24. The van der Waals surface area contributed by atoms with Gasteiger partial charge in [-0.1, -0.05) is 6.92 Å². The van der Waals surface area contributed by atoms with E-state index >= 15 is 0 Å². The Hall–Kier alpha value is -1.09. The lowest BCUT2D eigenvalue weighted by molar-refractivity contribution is 0.442. The molecule has 1 aliphatic carbocycles. The highest BCUT2D eigenvalue weighted by molar-refractivity contribution is 5.34. The van der Waals surface area contributed by atoms with E-state index in [1.807, 2.05) is 12.1 Å². The minimum Gasteiger partial charge on any atom is -0.397 e. The van der Waals surface area contributed by atoms with Crippen LogP contribution in [-0.2, 0) is 6.54 Å². The maximum absolute atomic E-state index is 5.57. The van der Waals surface area contributed by atoms with Crippen molar-refractivity contribution in [3.8, 4) is 0 Å². The average Bonchev–Trinajstić information content (AvgIpc) is 3.02. The Morgan fingerprint density at radius 2 is 2.27 bits per heavy atom. The van der Waals surface area contributed by atoms with Gasteiger partial charge in [-0.2, -0.15) is 0 Å². The van der Waals surface area contributed by atoms with Gasteiger partial charge in [-0.25, -0.2) is 0 Å². The van der Waals surface area contributed by atoms with Crippen molar-refractivity contribution in [2.45, 2.75) is 32.7 Å². The predicted molar refractivity (Wildman–Crippen MR) is 62.3 cm³/mol. The Morgan fingerprint density at radius 3 is 2.80 bits per heavy atom. The zero-order valence-corrected chi connectivity index (χ0v) is 9.29. The smallest absolute Gasteiger partial charge is 0.0543 e. The van der Waals surface area contributed by atoms with E-state index in [9.17, 15) is 0 Å². The van der Waals surface area contributed by atoms with Crippen LogP contribution in [0.25, 0.3) is 0 Å². The zero-order chi connectivity index (χ0) is 10.7. The highest BCUT2D eigenvalue weighted by atomic mass is 14.9. The van der Waals surface area contributed by atoms with Crippen molar-refractivity contribution in [2.24, 2.45) is 5.41 Å². The molecule has 1 heterocycles. The van der Waals surface area contributed by atoms with Crippen LogP contribution in [0.5, 0.6) is 0 Å². The molecule has 1 fully saturated rings. The molecule has 3 heteroatoms. The summed E-state index contributed by atoms with van der Waals surface area (Å²) in [5, 5.41) is 3.47. The van der Waals surface area contributed by atoms with Crippen molar-refractivity contribution in [1.82, 2.24) is 10.3 Å². The average molecular weight is 205 g/mol. The van der Waals surface area contributed by atoms with Gasteiger partial charge in [0.2, 0.25) is 0 Å². The fourth-order valence-electron chi connectivity index (χ4n) is 1.83. The van der Waals surface area contributed by atoms with Crippen molar-refractivity contribution < 1.29 is 0 Å². The molecular weight excluding hydrogens is 186 g/mol. The van der Waals surface area contributed by atoms with E-state index in [1.165, 1.54) is 19.3 Å². The third kappa shape index (κ3) is 2.69. The number of hydrogen-bond donors (Lipinski definition) is 2. The number of nitrogens with zero attached hydrogens (tertiary/aromatic N) is 1. The van der Waals surface area contributed by atoms with Crippen LogP contribution in [-0.4, -0.2) is 11.5 Å². The third-order valence-corrected chi connectivity index (χ3v) is 3.36. The van der Waals surface area contributed by atoms with E-state index in [0.29, 0.717) is 5.41 Å². The molecule has 3 nitrogen and oxygen atoms in total. The largest absolute Gasteiger partial charge is 0.397 e. The maximum Gasteiger partial charge on any atom is 0.0543 e. The fraction of sp³-hybridized carbons (Fsp3) is 0.583. The van der Waals surface area contributed by atoms with E-state index in [1.54, 1.807) is 6.20 Å². The lowest BCUT2D eigenvalue weighted by atomic mass is 10.0. The minimum absolute atomic E-state index is 0.605. The third-order valence-electron chi connectivity index (χ3n) is 3.36. The summed E-state index contributed by atoms with van der Waals surface area (Å²) in [6.07, 6.45) is 5.76. The summed E-state index contributed by atoms with van der Waals surface area (Å²) >= 11 is 0. The van der Waals surface area contributed by atoms with Gasteiger partial charge in [0.05, 0.1) is 17.6 Å². The fourth-order valence-corrected chi connectivity index (χ4v) is 1.83. The molecule has 15 heavy (non-hydrogen) atoms. The second-order valence-corrected chi connectivity index (χ2v) is 4.54. The molecule has 1 aromatic heterocycles. The van der Waals surface area contributed by atoms with Crippen LogP contribution in [0.2, 0.25) is 0 Å². The molecule has 1 saturated carbocycles. The molecule has 0 saturated heterocycles. The molecule has 82 valence electrons. The molecule has 0 radical (unpaired) electrons. The highest BCUT2D eigenvalue weighted by Crippen LogP contribution is 2.47. The molecule has 1 aromatic rings. The van der Waals surface area contributed by atoms with Crippen molar-refractivity contribution in [3.05, 3.63) is 24.0 Å².